The molecule has 66 valence electrons. The Labute approximate surface area is 74.1 Å². The van der Waals surface area contributed by atoms with Crippen molar-refractivity contribution in [2.45, 2.75) is 38.4 Å². The number of ether oxygens (including phenoxy) is 1. The number of fused-ring (bicyclic) bond motifs is 1. The zero-order valence-corrected chi connectivity index (χ0v) is 7.89. The third-order valence-corrected chi connectivity index (χ3v) is 3.33. The Bertz CT molecular complexity index is 254. The maximum atomic E-state index is 5.62. The van der Waals surface area contributed by atoms with E-state index in [-0.39, 0.29) is 5.60 Å². The van der Waals surface area contributed by atoms with Gasteiger partial charge in [-0.1, -0.05) is 18.7 Å². The summed E-state index contributed by atoms with van der Waals surface area (Å²) in [6, 6.07) is 0. The van der Waals surface area contributed by atoms with Crippen molar-refractivity contribution in [3.8, 4) is 0 Å². The second-order valence-electron chi connectivity index (χ2n) is 4.30. The van der Waals surface area contributed by atoms with Crippen LogP contribution in [0.25, 0.3) is 0 Å². The van der Waals surface area contributed by atoms with Crippen LogP contribution in [-0.4, -0.2) is 11.7 Å². The van der Waals surface area contributed by atoms with Gasteiger partial charge in [-0.3, -0.25) is 0 Å². The molecule has 3 atom stereocenters. The van der Waals surface area contributed by atoms with Gasteiger partial charge >= 0.3 is 0 Å². The van der Waals surface area contributed by atoms with Crippen molar-refractivity contribution in [3.63, 3.8) is 0 Å². The van der Waals surface area contributed by atoms with Crippen molar-refractivity contribution in [2.75, 3.05) is 0 Å². The van der Waals surface area contributed by atoms with Gasteiger partial charge in [0.15, 0.2) is 0 Å². The van der Waals surface area contributed by atoms with E-state index in [0.717, 1.165) is 12.8 Å². The second-order valence-corrected chi connectivity index (χ2v) is 4.30. The monoisotopic (exact) mass is 164 g/mol. The molecular weight excluding hydrogens is 148 g/mol. The van der Waals surface area contributed by atoms with Gasteiger partial charge in [0, 0.05) is 0 Å². The molecule has 1 heterocycles. The molecule has 2 fully saturated rings. The zero-order chi connectivity index (χ0) is 8.93. The van der Waals surface area contributed by atoms with E-state index in [1.165, 1.54) is 11.1 Å². The van der Waals surface area contributed by atoms with Gasteiger partial charge in [-0.15, -0.1) is 0 Å². The van der Waals surface area contributed by atoms with Crippen molar-refractivity contribution >= 4 is 0 Å². The van der Waals surface area contributed by atoms with E-state index in [0.29, 0.717) is 12.0 Å². The van der Waals surface area contributed by atoms with Crippen LogP contribution >= 0.6 is 0 Å². The predicted octanol–water partition coefficient (Wildman–Crippen LogP) is 2.69. The van der Waals surface area contributed by atoms with Crippen LogP contribution in [0.1, 0.15) is 26.7 Å². The molecule has 12 heavy (non-hydrogen) atoms. The highest BCUT2D eigenvalue weighted by Gasteiger charge is 2.57. The van der Waals surface area contributed by atoms with Gasteiger partial charge in [0.2, 0.25) is 0 Å². The lowest BCUT2D eigenvalue weighted by atomic mass is 9.77. The van der Waals surface area contributed by atoms with Crippen molar-refractivity contribution in [1.82, 2.24) is 0 Å². The highest BCUT2D eigenvalue weighted by Crippen LogP contribution is 2.52. The summed E-state index contributed by atoms with van der Waals surface area (Å²) >= 11 is 0. The molecule has 1 nitrogen and oxygen atoms in total. The normalized spacial score (nSPS) is 45.3. The largest absolute Gasteiger partial charge is 0.362 e. The highest BCUT2D eigenvalue weighted by atomic mass is 16.6. The lowest BCUT2D eigenvalue weighted by molar-refractivity contribution is 0.337. The molecule has 0 aromatic rings. The Morgan fingerprint density at radius 3 is 2.83 bits per heavy atom. The topological polar surface area (TPSA) is 12.5 Å². The first-order valence-corrected chi connectivity index (χ1v) is 4.55. The molecule has 0 spiro atoms. The molecule has 2 rings (SSSR count). The molecule has 0 unspecified atom stereocenters. The summed E-state index contributed by atoms with van der Waals surface area (Å²) in [6.45, 7) is 12.3. The lowest BCUT2D eigenvalue weighted by Gasteiger charge is -2.24. The van der Waals surface area contributed by atoms with Crippen LogP contribution < -0.4 is 0 Å². The first kappa shape index (κ1) is 8.06. The highest BCUT2D eigenvalue weighted by molar-refractivity contribution is 5.29. The molecule has 0 aromatic heterocycles. The van der Waals surface area contributed by atoms with Gasteiger partial charge in [0.05, 0.1) is 6.10 Å². The second kappa shape index (κ2) is 2.23. The first-order valence-electron chi connectivity index (χ1n) is 4.55. The summed E-state index contributed by atoms with van der Waals surface area (Å²) in [4.78, 5) is 0. The van der Waals surface area contributed by atoms with Crippen molar-refractivity contribution < 1.29 is 4.74 Å². The van der Waals surface area contributed by atoms with E-state index in [4.69, 9.17) is 4.74 Å². The van der Waals surface area contributed by atoms with Crippen molar-refractivity contribution in [1.29, 1.82) is 0 Å². The summed E-state index contributed by atoms with van der Waals surface area (Å²) in [5.74, 6) is 0.609. The van der Waals surface area contributed by atoms with Crippen LogP contribution in [0.15, 0.2) is 24.3 Å². The molecule has 0 amide bonds. The smallest absolute Gasteiger partial charge is 0.113 e. The SMILES string of the molecule is C=C(C)[C@@H]1CC(=C)[C@]2(C)O[C@@H]2C1. The van der Waals surface area contributed by atoms with Gasteiger partial charge in [0.25, 0.3) is 0 Å². The lowest BCUT2D eigenvalue weighted by Crippen LogP contribution is -2.23. The Kier molecular flexibility index (Phi) is 1.50. The molecule has 1 aliphatic carbocycles. The third kappa shape index (κ3) is 0.962. The van der Waals surface area contributed by atoms with Crippen LogP contribution in [0, 0.1) is 5.92 Å². The van der Waals surface area contributed by atoms with Crippen LogP contribution in [-0.2, 0) is 4.74 Å². The van der Waals surface area contributed by atoms with Crippen molar-refractivity contribution in [2.24, 2.45) is 5.92 Å². The number of epoxide rings is 1. The van der Waals surface area contributed by atoms with E-state index >= 15 is 0 Å². The molecule has 1 aliphatic heterocycles. The summed E-state index contributed by atoms with van der Waals surface area (Å²) in [5, 5.41) is 0. The average molecular weight is 164 g/mol. The van der Waals surface area contributed by atoms with Gasteiger partial charge in [0.1, 0.15) is 5.60 Å². The minimum Gasteiger partial charge on any atom is -0.362 e. The Morgan fingerprint density at radius 2 is 2.33 bits per heavy atom. The van der Waals surface area contributed by atoms with Gasteiger partial charge in [-0.25, -0.2) is 0 Å². The zero-order valence-electron chi connectivity index (χ0n) is 7.89. The maximum Gasteiger partial charge on any atom is 0.113 e. The first-order chi connectivity index (χ1) is 5.54. The molecule has 1 saturated carbocycles. The maximum absolute atomic E-state index is 5.62. The Hall–Kier alpha value is -0.560. The molecule has 0 bridgehead atoms. The van der Waals surface area contributed by atoms with E-state index in [1.807, 2.05) is 0 Å². The predicted molar refractivity (Wildman–Crippen MR) is 50.0 cm³/mol. The summed E-state index contributed by atoms with van der Waals surface area (Å²) in [5.41, 5.74) is 2.56. The van der Waals surface area contributed by atoms with Gasteiger partial charge in [-0.05, 0) is 38.2 Å². The van der Waals surface area contributed by atoms with E-state index in [2.05, 4.69) is 27.0 Å². The average Bonchev–Trinajstić information content (AvgIpc) is 2.62. The fourth-order valence-corrected chi connectivity index (χ4v) is 2.06. The minimum atomic E-state index is 0.0337. The fourth-order valence-electron chi connectivity index (χ4n) is 2.06. The fraction of sp³-hybridized carbons (Fsp3) is 0.636. The quantitative estimate of drug-likeness (QED) is 0.429. The van der Waals surface area contributed by atoms with E-state index < -0.39 is 0 Å². The molecule has 1 heteroatoms. The summed E-state index contributed by atoms with van der Waals surface area (Å²) in [7, 11) is 0. The summed E-state index contributed by atoms with van der Waals surface area (Å²) in [6.07, 6.45) is 2.65. The van der Waals surface area contributed by atoms with E-state index in [1.54, 1.807) is 0 Å². The molecule has 0 radical (unpaired) electrons. The molecule has 0 N–H and O–H groups in total. The Morgan fingerprint density at radius 1 is 1.67 bits per heavy atom. The standard InChI is InChI=1S/C11H16O/c1-7(2)9-5-8(3)11(4)10(6-9)12-11/h9-10H,1,3,5-6H2,2,4H3/t9-,10-,11+/m1/s1. The minimum absolute atomic E-state index is 0.0337. The molecule has 1 saturated heterocycles. The van der Waals surface area contributed by atoms with Crippen LogP contribution in [0.2, 0.25) is 0 Å². The van der Waals surface area contributed by atoms with E-state index in [9.17, 15) is 0 Å². The molecule has 2 aliphatic rings. The van der Waals surface area contributed by atoms with Crippen LogP contribution in [0.4, 0.5) is 0 Å². The molecular formula is C11H16O. The van der Waals surface area contributed by atoms with Crippen molar-refractivity contribution in [3.05, 3.63) is 24.3 Å². The van der Waals surface area contributed by atoms with Gasteiger partial charge in [-0.2, -0.15) is 0 Å². The van der Waals surface area contributed by atoms with Gasteiger partial charge < -0.3 is 4.74 Å². The number of hydrogen-bond acceptors (Lipinski definition) is 1. The van der Waals surface area contributed by atoms with Crippen LogP contribution in [0.3, 0.4) is 0 Å². The number of rotatable bonds is 1. The number of allylic oxidation sites excluding steroid dienone is 1. The Balaban J connectivity index is 2.12. The summed E-state index contributed by atoms with van der Waals surface area (Å²) < 4.78 is 5.62. The number of hydrogen-bond donors (Lipinski definition) is 0. The van der Waals surface area contributed by atoms with Crippen LogP contribution in [0.5, 0.6) is 0 Å². The molecule has 0 aromatic carbocycles. The third-order valence-electron chi connectivity index (χ3n) is 3.33.